The number of aliphatic hydroxyl groups is 2. The molecule has 0 saturated heterocycles. The third-order valence-electron chi connectivity index (χ3n) is 6.25. The van der Waals surface area contributed by atoms with Crippen LogP contribution in [0.3, 0.4) is 0 Å². The molecule has 0 amide bonds. The quantitative estimate of drug-likeness (QED) is 0.568. The molecule has 2 aromatic carbocycles. The number of alkyl halides is 2. The number of Topliss-reactive ketones (excluding diaryl/α,β-unsaturated/α-hetero) is 2. The van der Waals surface area contributed by atoms with Crippen LogP contribution in [0.15, 0.2) is 65.1 Å². The van der Waals surface area contributed by atoms with Crippen molar-refractivity contribution in [2.24, 2.45) is 0 Å². The summed E-state index contributed by atoms with van der Waals surface area (Å²) in [4.78, 5) is 26.0. The first-order valence-corrected chi connectivity index (χ1v) is 10.9. The number of anilines is 1. The SMILES string of the molecule is CC(C)c1cccc(C(C)C)c1NC1=C(F)C(O)(F)C2=C(C(=O)c3ccccc3C2=O)C1(O)F. The van der Waals surface area contributed by atoms with Gasteiger partial charge in [0.15, 0.2) is 17.4 Å². The van der Waals surface area contributed by atoms with Crippen LogP contribution in [0, 0.1) is 0 Å². The van der Waals surface area contributed by atoms with E-state index in [1.807, 2.05) is 27.7 Å². The van der Waals surface area contributed by atoms with Crippen molar-refractivity contribution in [2.45, 2.75) is 51.2 Å². The first kappa shape index (κ1) is 23.9. The molecule has 4 rings (SSSR count). The maximum atomic E-state index is 16.0. The summed E-state index contributed by atoms with van der Waals surface area (Å²) in [7, 11) is 0. The number of ketones is 2. The van der Waals surface area contributed by atoms with E-state index in [4.69, 9.17) is 0 Å². The van der Waals surface area contributed by atoms with Crippen molar-refractivity contribution >= 4 is 17.3 Å². The smallest absolute Gasteiger partial charge is 0.292 e. The average Bonchev–Trinajstić information content (AvgIpc) is 2.77. The van der Waals surface area contributed by atoms with E-state index in [1.165, 1.54) is 24.3 Å². The third-order valence-corrected chi connectivity index (χ3v) is 6.25. The number of hydrogen-bond acceptors (Lipinski definition) is 5. The maximum Gasteiger partial charge on any atom is 0.292 e. The van der Waals surface area contributed by atoms with Gasteiger partial charge in [0.2, 0.25) is 0 Å². The lowest BCUT2D eigenvalue weighted by molar-refractivity contribution is -0.0710. The summed E-state index contributed by atoms with van der Waals surface area (Å²) >= 11 is 0. The zero-order valence-electron chi connectivity index (χ0n) is 19.0. The molecule has 2 aromatic rings. The van der Waals surface area contributed by atoms with Gasteiger partial charge in [0, 0.05) is 16.8 Å². The molecular formula is C26H24F3NO4. The lowest BCUT2D eigenvalue weighted by Crippen LogP contribution is -2.50. The van der Waals surface area contributed by atoms with E-state index in [0.717, 1.165) is 0 Å². The summed E-state index contributed by atoms with van der Waals surface area (Å²) in [5.41, 5.74) is -3.37. The van der Waals surface area contributed by atoms with Crippen LogP contribution in [-0.2, 0) is 0 Å². The molecule has 5 nitrogen and oxygen atoms in total. The van der Waals surface area contributed by atoms with E-state index >= 15 is 13.2 Å². The first-order valence-electron chi connectivity index (χ1n) is 10.9. The maximum absolute atomic E-state index is 16.0. The van der Waals surface area contributed by atoms with Crippen LogP contribution in [0.4, 0.5) is 18.9 Å². The van der Waals surface area contributed by atoms with Crippen molar-refractivity contribution < 1.29 is 33.0 Å². The Balaban J connectivity index is 1.95. The minimum Gasteiger partial charge on any atom is -0.353 e. The molecule has 3 N–H and O–H groups in total. The molecule has 178 valence electrons. The van der Waals surface area contributed by atoms with E-state index in [0.29, 0.717) is 11.1 Å². The van der Waals surface area contributed by atoms with Gasteiger partial charge in [-0.05, 0) is 23.0 Å². The summed E-state index contributed by atoms with van der Waals surface area (Å²) in [5, 5.41) is 23.7. The predicted octanol–water partition coefficient (Wildman–Crippen LogP) is 5.23. The molecular weight excluding hydrogens is 447 g/mol. The molecule has 2 atom stereocenters. The minimum absolute atomic E-state index is 0.134. The fraction of sp³-hybridized carbons (Fsp3) is 0.308. The van der Waals surface area contributed by atoms with E-state index < -0.39 is 45.9 Å². The molecule has 2 unspecified atom stereocenters. The van der Waals surface area contributed by atoms with E-state index in [9.17, 15) is 19.8 Å². The minimum atomic E-state index is -4.14. The Hall–Kier alpha value is -3.23. The van der Waals surface area contributed by atoms with Crippen LogP contribution < -0.4 is 5.32 Å². The van der Waals surface area contributed by atoms with Gasteiger partial charge in [0.25, 0.3) is 11.7 Å². The highest BCUT2D eigenvalue weighted by Crippen LogP contribution is 2.50. The molecule has 0 aromatic heterocycles. The second-order valence-electron chi connectivity index (χ2n) is 9.13. The van der Waals surface area contributed by atoms with Crippen molar-refractivity contribution in [2.75, 3.05) is 5.32 Å². The van der Waals surface area contributed by atoms with Crippen molar-refractivity contribution in [3.8, 4) is 0 Å². The highest BCUT2D eigenvalue weighted by atomic mass is 19.2. The average molecular weight is 471 g/mol. The van der Waals surface area contributed by atoms with Gasteiger partial charge >= 0.3 is 0 Å². The number of benzene rings is 2. The van der Waals surface area contributed by atoms with Crippen molar-refractivity contribution in [3.63, 3.8) is 0 Å². The van der Waals surface area contributed by atoms with Crippen LogP contribution >= 0.6 is 0 Å². The predicted molar refractivity (Wildman–Crippen MR) is 121 cm³/mol. The summed E-state index contributed by atoms with van der Waals surface area (Å²) in [5.74, 6) is -13.0. The molecule has 34 heavy (non-hydrogen) atoms. The normalized spacial score (nSPS) is 24.7. The second-order valence-corrected chi connectivity index (χ2v) is 9.13. The zero-order valence-corrected chi connectivity index (χ0v) is 19.0. The van der Waals surface area contributed by atoms with E-state index in [2.05, 4.69) is 5.32 Å². The number of hydrogen-bond donors (Lipinski definition) is 3. The number of rotatable bonds is 4. The molecule has 2 aliphatic rings. The number of carbonyl (C=O) groups excluding carboxylic acids is 2. The number of halogens is 3. The summed E-state index contributed by atoms with van der Waals surface area (Å²) in [6.45, 7) is 7.35. The van der Waals surface area contributed by atoms with Gasteiger partial charge in [0.05, 0.1) is 11.1 Å². The van der Waals surface area contributed by atoms with Gasteiger partial charge < -0.3 is 15.5 Å². The summed E-state index contributed by atoms with van der Waals surface area (Å²) in [6.07, 6.45) is 0. The zero-order chi connectivity index (χ0) is 25.2. The molecule has 0 fully saturated rings. The van der Waals surface area contributed by atoms with Gasteiger partial charge in [-0.15, -0.1) is 0 Å². The highest BCUT2D eigenvalue weighted by molar-refractivity contribution is 6.28. The topological polar surface area (TPSA) is 86.6 Å². The molecule has 0 spiro atoms. The van der Waals surface area contributed by atoms with Crippen LogP contribution in [0.25, 0.3) is 0 Å². The fourth-order valence-electron chi connectivity index (χ4n) is 4.51. The monoisotopic (exact) mass is 471 g/mol. The van der Waals surface area contributed by atoms with Gasteiger partial charge in [-0.2, -0.15) is 8.78 Å². The molecule has 0 aliphatic heterocycles. The Morgan fingerprint density at radius 2 is 1.21 bits per heavy atom. The van der Waals surface area contributed by atoms with Gasteiger partial charge in [-0.3, -0.25) is 9.59 Å². The lowest BCUT2D eigenvalue weighted by Gasteiger charge is -2.38. The molecule has 8 heteroatoms. The summed E-state index contributed by atoms with van der Waals surface area (Å²) in [6, 6.07) is 10.3. The van der Waals surface area contributed by atoms with Crippen LogP contribution in [0.1, 0.15) is 71.4 Å². The van der Waals surface area contributed by atoms with Crippen LogP contribution in [0.5, 0.6) is 0 Å². The Kier molecular flexibility index (Phi) is 5.57. The fourth-order valence-corrected chi connectivity index (χ4v) is 4.51. The largest absolute Gasteiger partial charge is 0.353 e. The Bertz CT molecular complexity index is 1260. The Morgan fingerprint density at radius 3 is 1.65 bits per heavy atom. The van der Waals surface area contributed by atoms with E-state index in [1.54, 1.807) is 18.2 Å². The van der Waals surface area contributed by atoms with Crippen molar-refractivity contribution in [1.82, 2.24) is 0 Å². The van der Waals surface area contributed by atoms with Crippen LogP contribution in [0.2, 0.25) is 0 Å². The van der Waals surface area contributed by atoms with Crippen LogP contribution in [-0.4, -0.2) is 33.5 Å². The van der Waals surface area contributed by atoms with Gasteiger partial charge in [-0.1, -0.05) is 70.2 Å². The Morgan fingerprint density at radius 1 is 0.765 bits per heavy atom. The van der Waals surface area contributed by atoms with Crippen molar-refractivity contribution in [1.29, 1.82) is 0 Å². The Labute approximate surface area is 194 Å². The highest BCUT2D eigenvalue weighted by Gasteiger charge is 2.61. The number of carbonyl (C=O) groups is 2. The second kappa shape index (κ2) is 7.92. The molecule has 0 bridgehead atoms. The first-order chi connectivity index (χ1) is 15.8. The van der Waals surface area contributed by atoms with Gasteiger partial charge in [-0.25, -0.2) is 4.39 Å². The third kappa shape index (κ3) is 3.32. The summed E-state index contributed by atoms with van der Waals surface area (Å²) < 4.78 is 46.9. The molecule has 0 heterocycles. The van der Waals surface area contributed by atoms with Gasteiger partial charge in [0.1, 0.15) is 5.70 Å². The molecule has 2 aliphatic carbocycles. The standard InChI is InChI=1S/C26H24F3NO4/c1-12(2)14-10-7-11-15(13(3)4)20(14)30-24-23(27)25(28,33)18-19(26(24,29)34)22(32)17-9-6-5-8-16(17)21(18)31/h5-13,30,33-34H,1-4H3. The van der Waals surface area contributed by atoms with E-state index in [-0.39, 0.29) is 28.7 Å². The molecule has 0 saturated carbocycles. The molecule has 0 radical (unpaired) electrons. The number of fused-ring (bicyclic) bond motifs is 1. The number of para-hydroxylation sites is 1. The number of nitrogens with one attached hydrogen (secondary N) is 1. The van der Waals surface area contributed by atoms with Crippen molar-refractivity contribution in [3.05, 3.63) is 87.4 Å². The lowest BCUT2D eigenvalue weighted by atomic mass is 9.74.